The van der Waals surface area contributed by atoms with Gasteiger partial charge in [-0.05, 0) is 34.5 Å². The zero-order valence-corrected chi connectivity index (χ0v) is 12.7. The molecule has 0 aliphatic rings. The molecule has 116 valence electrons. The fourth-order valence-corrected chi connectivity index (χ4v) is 2.43. The van der Waals surface area contributed by atoms with E-state index < -0.39 is 11.7 Å². The average Bonchev–Trinajstić information content (AvgIpc) is 2.61. The molecule has 0 radical (unpaired) electrons. The highest BCUT2D eigenvalue weighted by Crippen LogP contribution is 2.21. The molecule has 0 aliphatic carbocycles. The highest BCUT2D eigenvalue weighted by molar-refractivity contribution is 6.10. The molecule has 3 aromatic carbocycles. The zero-order chi connectivity index (χ0) is 16.9. The molecule has 0 bridgehead atoms. The van der Waals surface area contributed by atoms with Crippen LogP contribution in [0, 0.1) is 17.1 Å². The number of anilines is 1. The van der Waals surface area contributed by atoms with E-state index >= 15 is 0 Å². The monoisotopic (exact) mass is 316 g/mol. The van der Waals surface area contributed by atoms with E-state index in [0.717, 1.165) is 16.3 Å². The van der Waals surface area contributed by atoms with Crippen LogP contribution in [-0.2, 0) is 4.79 Å². The van der Waals surface area contributed by atoms with Crippen molar-refractivity contribution < 1.29 is 9.18 Å². The van der Waals surface area contributed by atoms with Crippen LogP contribution in [0.4, 0.5) is 10.1 Å². The molecule has 3 nitrogen and oxygen atoms in total. The molecule has 3 aromatic rings. The number of nitriles is 1. The van der Waals surface area contributed by atoms with Crippen molar-refractivity contribution in [2.75, 3.05) is 5.32 Å². The Kier molecular flexibility index (Phi) is 4.35. The first kappa shape index (κ1) is 15.4. The number of nitrogens with zero attached hydrogens (tertiary/aromatic N) is 1. The largest absolute Gasteiger partial charge is 0.319 e. The molecule has 1 N–H and O–H groups in total. The van der Waals surface area contributed by atoms with Crippen molar-refractivity contribution in [3.05, 3.63) is 83.7 Å². The van der Waals surface area contributed by atoms with E-state index in [1.165, 1.54) is 24.3 Å². The number of carbonyl (C=O) groups is 1. The third kappa shape index (κ3) is 3.16. The first-order valence-electron chi connectivity index (χ1n) is 7.34. The zero-order valence-electron chi connectivity index (χ0n) is 12.7. The SMILES string of the molecule is N#CC(=Cc1cccc2ccccc12)C(=O)Nc1ccccc1F. The molecule has 0 saturated heterocycles. The van der Waals surface area contributed by atoms with Gasteiger partial charge in [0.2, 0.25) is 0 Å². The summed E-state index contributed by atoms with van der Waals surface area (Å²) in [5.41, 5.74) is 0.713. The summed E-state index contributed by atoms with van der Waals surface area (Å²) < 4.78 is 13.6. The van der Waals surface area contributed by atoms with Gasteiger partial charge in [-0.1, -0.05) is 54.6 Å². The van der Waals surface area contributed by atoms with Gasteiger partial charge in [-0.2, -0.15) is 5.26 Å². The van der Waals surface area contributed by atoms with Crippen LogP contribution in [-0.4, -0.2) is 5.91 Å². The first-order valence-corrected chi connectivity index (χ1v) is 7.34. The molecule has 4 heteroatoms. The maximum atomic E-state index is 13.6. The van der Waals surface area contributed by atoms with E-state index in [9.17, 15) is 14.4 Å². The van der Waals surface area contributed by atoms with Crippen LogP contribution in [0.1, 0.15) is 5.56 Å². The summed E-state index contributed by atoms with van der Waals surface area (Å²) >= 11 is 0. The van der Waals surface area contributed by atoms with Gasteiger partial charge in [0, 0.05) is 0 Å². The lowest BCUT2D eigenvalue weighted by molar-refractivity contribution is -0.112. The van der Waals surface area contributed by atoms with Gasteiger partial charge < -0.3 is 5.32 Å². The predicted octanol–water partition coefficient (Wildman–Crippen LogP) is 4.52. The molecule has 0 aliphatic heterocycles. The number of amides is 1. The molecule has 0 unspecified atom stereocenters. The number of hydrogen-bond donors (Lipinski definition) is 1. The second-order valence-corrected chi connectivity index (χ2v) is 5.17. The lowest BCUT2D eigenvalue weighted by atomic mass is 10.0. The van der Waals surface area contributed by atoms with Crippen LogP contribution in [0.15, 0.2) is 72.3 Å². The number of fused-ring (bicyclic) bond motifs is 1. The van der Waals surface area contributed by atoms with Crippen molar-refractivity contribution in [2.45, 2.75) is 0 Å². The van der Waals surface area contributed by atoms with Gasteiger partial charge in [0.1, 0.15) is 17.5 Å². The molecule has 0 atom stereocenters. The van der Waals surface area contributed by atoms with Crippen molar-refractivity contribution in [3.63, 3.8) is 0 Å². The van der Waals surface area contributed by atoms with E-state index in [1.807, 2.05) is 48.5 Å². The van der Waals surface area contributed by atoms with Crippen molar-refractivity contribution in [1.82, 2.24) is 0 Å². The summed E-state index contributed by atoms with van der Waals surface area (Å²) in [6.07, 6.45) is 1.51. The van der Waals surface area contributed by atoms with Crippen molar-refractivity contribution in [1.29, 1.82) is 5.26 Å². The standard InChI is InChI=1S/C20H13FN2O/c21-18-10-3-4-11-19(18)23-20(24)16(13-22)12-15-8-5-7-14-6-1-2-9-17(14)15/h1-12H,(H,23,24). The molecule has 0 fully saturated rings. The molecule has 0 spiro atoms. The Morgan fingerprint density at radius 2 is 1.71 bits per heavy atom. The van der Waals surface area contributed by atoms with E-state index in [4.69, 9.17) is 0 Å². The Morgan fingerprint density at radius 3 is 2.50 bits per heavy atom. The summed E-state index contributed by atoms with van der Waals surface area (Å²) in [7, 11) is 0. The Labute approximate surface area is 138 Å². The van der Waals surface area contributed by atoms with Crippen LogP contribution in [0.2, 0.25) is 0 Å². The molecule has 0 aromatic heterocycles. The van der Waals surface area contributed by atoms with Crippen LogP contribution in [0.3, 0.4) is 0 Å². The maximum absolute atomic E-state index is 13.6. The number of nitrogens with one attached hydrogen (secondary N) is 1. The second-order valence-electron chi connectivity index (χ2n) is 5.17. The summed E-state index contributed by atoms with van der Waals surface area (Å²) in [6.45, 7) is 0. The third-order valence-corrected chi connectivity index (χ3v) is 3.61. The van der Waals surface area contributed by atoms with Crippen LogP contribution >= 0.6 is 0 Å². The smallest absolute Gasteiger partial charge is 0.266 e. The minimum Gasteiger partial charge on any atom is -0.319 e. The van der Waals surface area contributed by atoms with E-state index in [0.29, 0.717) is 0 Å². The van der Waals surface area contributed by atoms with Crippen molar-refractivity contribution >= 4 is 28.4 Å². The normalized spacial score (nSPS) is 11.1. The van der Waals surface area contributed by atoms with Gasteiger partial charge in [-0.3, -0.25) is 4.79 Å². The van der Waals surface area contributed by atoms with E-state index in [2.05, 4.69) is 5.32 Å². The Bertz CT molecular complexity index is 981. The van der Waals surface area contributed by atoms with E-state index in [-0.39, 0.29) is 11.3 Å². The lowest BCUT2D eigenvalue weighted by Crippen LogP contribution is -2.14. The van der Waals surface area contributed by atoms with Gasteiger partial charge in [-0.15, -0.1) is 0 Å². The average molecular weight is 316 g/mol. The summed E-state index contributed by atoms with van der Waals surface area (Å²) in [4.78, 5) is 12.3. The fraction of sp³-hybridized carbons (Fsp3) is 0. The third-order valence-electron chi connectivity index (χ3n) is 3.61. The van der Waals surface area contributed by atoms with Gasteiger partial charge in [0.05, 0.1) is 5.69 Å². The first-order chi connectivity index (χ1) is 11.7. The maximum Gasteiger partial charge on any atom is 0.266 e. The Hall–Kier alpha value is -3.45. The lowest BCUT2D eigenvalue weighted by Gasteiger charge is -2.06. The van der Waals surface area contributed by atoms with Crippen LogP contribution < -0.4 is 5.32 Å². The van der Waals surface area contributed by atoms with Crippen molar-refractivity contribution in [2.24, 2.45) is 0 Å². The summed E-state index contributed by atoms with van der Waals surface area (Å²) in [6, 6.07) is 21.1. The number of halogens is 1. The van der Waals surface area contributed by atoms with Crippen molar-refractivity contribution in [3.8, 4) is 6.07 Å². The minimum absolute atomic E-state index is 0.0431. The molecular weight excluding hydrogens is 303 g/mol. The second kappa shape index (κ2) is 6.76. The molecule has 0 saturated carbocycles. The Morgan fingerprint density at radius 1 is 1.00 bits per heavy atom. The van der Waals surface area contributed by atoms with Gasteiger partial charge in [-0.25, -0.2) is 4.39 Å². The Balaban J connectivity index is 1.96. The fourth-order valence-electron chi connectivity index (χ4n) is 2.43. The van der Waals surface area contributed by atoms with Crippen LogP contribution in [0.5, 0.6) is 0 Å². The minimum atomic E-state index is -0.643. The summed E-state index contributed by atoms with van der Waals surface area (Å²) in [5.74, 6) is -1.19. The molecule has 1 amide bonds. The van der Waals surface area contributed by atoms with E-state index in [1.54, 1.807) is 6.07 Å². The number of carbonyl (C=O) groups excluding carboxylic acids is 1. The predicted molar refractivity (Wildman–Crippen MR) is 92.6 cm³/mol. The number of hydrogen-bond acceptors (Lipinski definition) is 2. The molecule has 24 heavy (non-hydrogen) atoms. The number of rotatable bonds is 3. The quantitative estimate of drug-likeness (QED) is 0.570. The molecular formula is C20H13FN2O. The van der Waals surface area contributed by atoms with Gasteiger partial charge >= 0.3 is 0 Å². The van der Waals surface area contributed by atoms with Gasteiger partial charge in [0.15, 0.2) is 0 Å². The van der Waals surface area contributed by atoms with Crippen LogP contribution in [0.25, 0.3) is 16.8 Å². The topological polar surface area (TPSA) is 52.9 Å². The highest BCUT2D eigenvalue weighted by Gasteiger charge is 2.12. The number of benzene rings is 3. The highest BCUT2D eigenvalue weighted by atomic mass is 19.1. The van der Waals surface area contributed by atoms with Gasteiger partial charge in [0.25, 0.3) is 5.91 Å². The number of para-hydroxylation sites is 1. The summed E-state index contributed by atoms with van der Waals surface area (Å²) in [5, 5.41) is 13.7. The molecule has 0 heterocycles. The molecule has 3 rings (SSSR count).